The molecule has 15 heavy (non-hydrogen) atoms. The Kier molecular flexibility index (Phi) is 5.07. The lowest BCUT2D eigenvalue weighted by Crippen LogP contribution is -2.22. The van der Waals surface area contributed by atoms with Crippen LogP contribution in [-0.4, -0.2) is 24.9 Å². The summed E-state index contributed by atoms with van der Waals surface area (Å²) in [7, 11) is 0. The fraction of sp³-hybridized carbons (Fsp3) is 0.455. The number of rotatable bonds is 6. The Hall–Kier alpha value is -1.13. The van der Waals surface area contributed by atoms with Crippen LogP contribution in [0.2, 0.25) is 0 Å². The van der Waals surface area contributed by atoms with Crippen molar-refractivity contribution in [3.8, 4) is 5.75 Å². The van der Waals surface area contributed by atoms with E-state index in [-0.39, 0.29) is 18.3 Å². The second-order valence-corrected chi connectivity index (χ2v) is 3.38. The van der Waals surface area contributed by atoms with Crippen molar-refractivity contribution in [2.24, 2.45) is 11.7 Å². The van der Waals surface area contributed by atoms with Crippen LogP contribution < -0.4 is 10.5 Å². The molecule has 1 atom stereocenters. The summed E-state index contributed by atoms with van der Waals surface area (Å²) in [6.07, 6.45) is 0.603. The second-order valence-electron chi connectivity index (χ2n) is 3.38. The quantitative estimate of drug-likeness (QED) is 0.745. The highest BCUT2D eigenvalue weighted by atomic mass is 19.1. The van der Waals surface area contributed by atoms with Gasteiger partial charge in [0.15, 0.2) is 0 Å². The van der Waals surface area contributed by atoms with Crippen LogP contribution in [0.5, 0.6) is 5.75 Å². The molecular weight excluding hydrogens is 197 g/mol. The maximum absolute atomic E-state index is 12.8. The Bertz CT molecular complexity index is 294. The predicted molar refractivity (Wildman–Crippen MR) is 56.1 cm³/mol. The van der Waals surface area contributed by atoms with E-state index in [1.165, 1.54) is 12.1 Å². The highest BCUT2D eigenvalue weighted by Gasteiger charge is 2.07. The summed E-state index contributed by atoms with van der Waals surface area (Å²) in [5.41, 5.74) is 5.49. The van der Waals surface area contributed by atoms with E-state index in [1.807, 2.05) is 0 Å². The molecule has 1 unspecified atom stereocenters. The summed E-state index contributed by atoms with van der Waals surface area (Å²) >= 11 is 0. The molecule has 0 fully saturated rings. The van der Waals surface area contributed by atoms with E-state index in [0.29, 0.717) is 25.3 Å². The van der Waals surface area contributed by atoms with Crippen molar-refractivity contribution < 1.29 is 14.2 Å². The van der Waals surface area contributed by atoms with Gasteiger partial charge in [0.1, 0.15) is 11.6 Å². The number of hydrogen-bond acceptors (Lipinski definition) is 3. The maximum atomic E-state index is 12.8. The largest absolute Gasteiger partial charge is 0.493 e. The van der Waals surface area contributed by atoms with E-state index in [2.05, 4.69) is 0 Å². The van der Waals surface area contributed by atoms with Crippen molar-refractivity contribution in [2.75, 3.05) is 19.8 Å². The Morgan fingerprint density at radius 1 is 1.47 bits per heavy atom. The highest BCUT2D eigenvalue weighted by molar-refractivity contribution is 5.22. The third-order valence-corrected chi connectivity index (χ3v) is 2.15. The van der Waals surface area contributed by atoms with E-state index in [4.69, 9.17) is 15.6 Å². The average Bonchev–Trinajstić information content (AvgIpc) is 2.24. The Morgan fingerprint density at radius 3 is 2.87 bits per heavy atom. The zero-order valence-corrected chi connectivity index (χ0v) is 8.53. The number of halogens is 1. The predicted octanol–water partition coefficient (Wildman–Crippen LogP) is 1.16. The minimum atomic E-state index is -0.320. The van der Waals surface area contributed by atoms with Gasteiger partial charge < -0.3 is 15.6 Å². The van der Waals surface area contributed by atoms with Gasteiger partial charge in [-0.05, 0) is 25.1 Å². The van der Waals surface area contributed by atoms with Crippen LogP contribution >= 0.6 is 0 Å². The second kappa shape index (κ2) is 6.37. The molecule has 3 nitrogen and oxygen atoms in total. The van der Waals surface area contributed by atoms with Gasteiger partial charge in [0.2, 0.25) is 0 Å². The molecule has 0 heterocycles. The highest BCUT2D eigenvalue weighted by Crippen LogP contribution is 2.13. The number of aliphatic hydroxyl groups is 1. The number of ether oxygens (including phenoxy) is 1. The van der Waals surface area contributed by atoms with Crippen molar-refractivity contribution in [3.05, 3.63) is 30.1 Å². The molecule has 0 amide bonds. The average molecular weight is 213 g/mol. The lowest BCUT2D eigenvalue weighted by atomic mass is 10.1. The first-order valence-electron chi connectivity index (χ1n) is 4.95. The molecule has 0 aliphatic heterocycles. The first-order chi connectivity index (χ1) is 7.26. The molecule has 1 rings (SSSR count). The Morgan fingerprint density at radius 2 is 2.27 bits per heavy atom. The molecule has 0 bridgehead atoms. The lowest BCUT2D eigenvalue weighted by Gasteiger charge is -2.14. The van der Waals surface area contributed by atoms with Gasteiger partial charge >= 0.3 is 0 Å². The number of benzene rings is 1. The van der Waals surface area contributed by atoms with Crippen LogP contribution in [0.4, 0.5) is 4.39 Å². The maximum Gasteiger partial charge on any atom is 0.126 e. The Balaban J connectivity index is 2.41. The molecule has 4 heteroatoms. The molecule has 84 valence electrons. The normalized spacial score (nSPS) is 12.5. The van der Waals surface area contributed by atoms with Crippen molar-refractivity contribution in [2.45, 2.75) is 6.42 Å². The number of aliphatic hydroxyl groups excluding tert-OH is 1. The van der Waals surface area contributed by atoms with Crippen molar-refractivity contribution >= 4 is 0 Å². The molecule has 0 spiro atoms. The van der Waals surface area contributed by atoms with E-state index in [9.17, 15) is 4.39 Å². The van der Waals surface area contributed by atoms with E-state index in [0.717, 1.165) is 0 Å². The van der Waals surface area contributed by atoms with Crippen LogP contribution in [-0.2, 0) is 0 Å². The third-order valence-electron chi connectivity index (χ3n) is 2.15. The van der Waals surface area contributed by atoms with Crippen molar-refractivity contribution in [1.29, 1.82) is 0 Å². The summed E-state index contributed by atoms with van der Waals surface area (Å²) in [4.78, 5) is 0. The minimum Gasteiger partial charge on any atom is -0.493 e. The van der Waals surface area contributed by atoms with Gasteiger partial charge in [0.05, 0.1) is 6.61 Å². The lowest BCUT2D eigenvalue weighted by molar-refractivity contribution is 0.201. The minimum absolute atomic E-state index is 0.0916. The summed E-state index contributed by atoms with van der Waals surface area (Å²) in [5, 5.41) is 8.74. The fourth-order valence-electron chi connectivity index (χ4n) is 1.22. The molecule has 0 aliphatic rings. The van der Waals surface area contributed by atoms with Crippen molar-refractivity contribution in [1.82, 2.24) is 0 Å². The molecular formula is C11H16FNO2. The van der Waals surface area contributed by atoms with Gasteiger partial charge in [-0.3, -0.25) is 0 Å². The molecule has 1 aromatic carbocycles. The van der Waals surface area contributed by atoms with E-state index >= 15 is 0 Å². The van der Waals surface area contributed by atoms with Crippen LogP contribution in [0, 0.1) is 11.7 Å². The number of nitrogens with two attached hydrogens (primary N) is 1. The third kappa shape index (κ3) is 4.27. The summed E-state index contributed by atoms with van der Waals surface area (Å²) in [5.74, 6) is 0.281. The fourth-order valence-corrected chi connectivity index (χ4v) is 1.22. The van der Waals surface area contributed by atoms with Gasteiger partial charge in [-0.25, -0.2) is 4.39 Å². The van der Waals surface area contributed by atoms with Gasteiger partial charge in [0.25, 0.3) is 0 Å². The topological polar surface area (TPSA) is 55.5 Å². The first-order valence-corrected chi connectivity index (χ1v) is 4.95. The van der Waals surface area contributed by atoms with Gasteiger partial charge in [0, 0.05) is 18.6 Å². The van der Waals surface area contributed by atoms with Crippen LogP contribution in [0.3, 0.4) is 0 Å². The SMILES string of the molecule is NCC(CCO)COc1cccc(F)c1. The summed E-state index contributed by atoms with van der Waals surface area (Å²) < 4.78 is 18.1. The summed E-state index contributed by atoms with van der Waals surface area (Å²) in [6, 6.07) is 5.97. The number of hydrogen-bond donors (Lipinski definition) is 2. The van der Waals surface area contributed by atoms with Crippen LogP contribution in [0.25, 0.3) is 0 Å². The molecule has 0 saturated heterocycles. The van der Waals surface area contributed by atoms with E-state index in [1.54, 1.807) is 12.1 Å². The summed E-state index contributed by atoms with van der Waals surface area (Å²) in [6.45, 7) is 0.949. The van der Waals surface area contributed by atoms with Crippen molar-refractivity contribution in [3.63, 3.8) is 0 Å². The Labute approximate surface area is 88.7 Å². The monoisotopic (exact) mass is 213 g/mol. The van der Waals surface area contributed by atoms with Crippen LogP contribution in [0.15, 0.2) is 24.3 Å². The molecule has 0 aromatic heterocycles. The molecule has 1 aromatic rings. The zero-order chi connectivity index (χ0) is 11.1. The van der Waals surface area contributed by atoms with Gasteiger partial charge in [-0.2, -0.15) is 0 Å². The molecule has 0 aliphatic carbocycles. The molecule has 0 radical (unpaired) electrons. The first kappa shape index (κ1) is 11.9. The molecule has 3 N–H and O–H groups in total. The molecule has 0 saturated carbocycles. The standard InChI is InChI=1S/C11H16FNO2/c12-10-2-1-3-11(6-10)15-8-9(7-13)4-5-14/h1-3,6,9,14H,4-5,7-8,13H2. The van der Waals surface area contributed by atoms with Gasteiger partial charge in [-0.1, -0.05) is 6.07 Å². The smallest absolute Gasteiger partial charge is 0.126 e. The van der Waals surface area contributed by atoms with Crippen LogP contribution in [0.1, 0.15) is 6.42 Å². The van der Waals surface area contributed by atoms with Gasteiger partial charge in [-0.15, -0.1) is 0 Å². The van der Waals surface area contributed by atoms with E-state index < -0.39 is 0 Å². The zero-order valence-electron chi connectivity index (χ0n) is 8.53.